The maximum atomic E-state index is 12.2. The molecular formula is C19H19N3O5S. The van der Waals surface area contributed by atoms with E-state index in [9.17, 15) is 9.90 Å². The fourth-order valence-corrected chi connectivity index (χ4v) is 3.85. The van der Waals surface area contributed by atoms with Crippen LogP contribution in [-0.2, 0) is 9.47 Å². The number of carbonyl (C=O) groups excluding carboxylic acids is 1. The maximum absolute atomic E-state index is 12.2. The molecule has 146 valence electrons. The molecule has 0 aromatic carbocycles. The Morgan fingerprint density at radius 2 is 2.14 bits per heavy atom. The highest BCUT2D eigenvalue weighted by Gasteiger charge is 2.25. The van der Waals surface area contributed by atoms with Crippen molar-refractivity contribution in [3.63, 3.8) is 0 Å². The van der Waals surface area contributed by atoms with Crippen LogP contribution in [0.2, 0.25) is 0 Å². The van der Waals surface area contributed by atoms with Gasteiger partial charge in [0.05, 0.1) is 30.0 Å². The van der Waals surface area contributed by atoms with Gasteiger partial charge in [0.25, 0.3) is 0 Å². The monoisotopic (exact) mass is 401 g/mol. The number of aliphatic hydroxyl groups excluding tert-OH is 1. The van der Waals surface area contributed by atoms with Gasteiger partial charge in [-0.2, -0.15) is 0 Å². The standard InChI is InChI=1S/C19H19N3O5S/c23-16(13-4-1-2-8-20-13)17-15(14-5-3-9-26-14)21-18(28-17)22-19(24)27-12-6-10-25-11-7-12/h1-5,8-9,12,16,23H,6-7,10-11H2,(H,21,22,24). The highest BCUT2D eigenvalue weighted by molar-refractivity contribution is 7.16. The number of thiazole rings is 1. The zero-order chi connectivity index (χ0) is 19.3. The zero-order valence-electron chi connectivity index (χ0n) is 14.9. The molecule has 4 rings (SSSR count). The van der Waals surface area contributed by atoms with E-state index in [2.05, 4.69) is 15.3 Å². The summed E-state index contributed by atoms with van der Waals surface area (Å²) in [4.78, 5) is 21.4. The first-order valence-corrected chi connectivity index (χ1v) is 9.71. The number of nitrogens with one attached hydrogen (secondary N) is 1. The third-order valence-corrected chi connectivity index (χ3v) is 5.30. The Balaban J connectivity index is 1.56. The van der Waals surface area contributed by atoms with E-state index in [0.29, 0.717) is 53.2 Å². The summed E-state index contributed by atoms with van der Waals surface area (Å²) in [7, 11) is 0. The molecule has 1 aliphatic rings. The lowest BCUT2D eigenvalue weighted by atomic mass is 10.1. The van der Waals surface area contributed by atoms with Crippen LogP contribution >= 0.6 is 11.3 Å². The summed E-state index contributed by atoms with van der Waals surface area (Å²) in [5.41, 5.74) is 0.935. The third kappa shape index (κ3) is 4.22. The molecule has 3 aromatic heterocycles. The molecule has 1 unspecified atom stereocenters. The summed E-state index contributed by atoms with van der Waals surface area (Å²) in [5, 5.41) is 13.8. The largest absolute Gasteiger partial charge is 0.463 e. The van der Waals surface area contributed by atoms with Crippen LogP contribution in [0.1, 0.15) is 29.5 Å². The Bertz CT molecular complexity index is 907. The molecule has 1 fully saturated rings. The Labute approximate surface area is 165 Å². The van der Waals surface area contributed by atoms with E-state index < -0.39 is 12.2 Å². The number of furan rings is 1. The van der Waals surface area contributed by atoms with Crippen LogP contribution in [-0.4, -0.2) is 40.5 Å². The van der Waals surface area contributed by atoms with E-state index >= 15 is 0 Å². The number of hydrogen-bond acceptors (Lipinski definition) is 8. The van der Waals surface area contributed by atoms with Crippen LogP contribution in [0.15, 0.2) is 47.2 Å². The SMILES string of the molecule is O=C(Nc1nc(-c2ccco2)c(C(O)c2ccccn2)s1)OC1CCOCC1. The molecular weight excluding hydrogens is 382 g/mol. The van der Waals surface area contributed by atoms with Crippen molar-refractivity contribution in [2.75, 3.05) is 18.5 Å². The average molecular weight is 401 g/mol. The first kappa shape index (κ1) is 18.6. The first-order valence-electron chi connectivity index (χ1n) is 8.89. The van der Waals surface area contributed by atoms with E-state index in [1.165, 1.54) is 6.26 Å². The van der Waals surface area contributed by atoms with E-state index in [1.54, 1.807) is 36.5 Å². The van der Waals surface area contributed by atoms with Crippen molar-refractivity contribution < 1.29 is 23.8 Å². The van der Waals surface area contributed by atoms with Crippen LogP contribution < -0.4 is 5.32 Å². The average Bonchev–Trinajstić information content (AvgIpc) is 3.38. The Kier molecular flexibility index (Phi) is 5.65. The molecule has 1 saturated heterocycles. The molecule has 1 atom stereocenters. The molecule has 28 heavy (non-hydrogen) atoms. The van der Waals surface area contributed by atoms with E-state index in [4.69, 9.17) is 13.9 Å². The molecule has 0 radical (unpaired) electrons. The van der Waals surface area contributed by atoms with Crippen molar-refractivity contribution in [2.45, 2.75) is 25.0 Å². The van der Waals surface area contributed by atoms with Crippen molar-refractivity contribution in [1.82, 2.24) is 9.97 Å². The van der Waals surface area contributed by atoms with Gasteiger partial charge in [-0.25, -0.2) is 9.78 Å². The van der Waals surface area contributed by atoms with Gasteiger partial charge in [-0.1, -0.05) is 17.4 Å². The Morgan fingerprint density at radius 3 is 2.86 bits per heavy atom. The molecule has 0 spiro atoms. The van der Waals surface area contributed by atoms with Crippen LogP contribution in [0.25, 0.3) is 11.5 Å². The van der Waals surface area contributed by atoms with Gasteiger partial charge in [-0.05, 0) is 24.3 Å². The quantitative estimate of drug-likeness (QED) is 0.672. The van der Waals surface area contributed by atoms with Crippen molar-refractivity contribution in [2.24, 2.45) is 0 Å². The van der Waals surface area contributed by atoms with E-state index in [1.807, 2.05) is 0 Å². The predicted molar refractivity (Wildman–Crippen MR) is 102 cm³/mol. The lowest BCUT2D eigenvalue weighted by molar-refractivity contribution is 0.00592. The smallest absolute Gasteiger partial charge is 0.413 e. The van der Waals surface area contributed by atoms with E-state index in [-0.39, 0.29) is 6.10 Å². The van der Waals surface area contributed by atoms with Crippen LogP contribution in [0.5, 0.6) is 0 Å². The number of hydrogen-bond donors (Lipinski definition) is 2. The van der Waals surface area contributed by atoms with Gasteiger partial charge in [0.15, 0.2) is 10.9 Å². The van der Waals surface area contributed by atoms with Crippen LogP contribution in [0.4, 0.5) is 9.93 Å². The number of aromatic nitrogens is 2. The minimum atomic E-state index is -0.999. The molecule has 0 bridgehead atoms. The van der Waals surface area contributed by atoms with Crippen molar-refractivity contribution in [3.8, 4) is 11.5 Å². The number of anilines is 1. The Hall–Kier alpha value is -2.75. The highest BCUT2D eigenvalue weighted by atomic mass is 32.1. The molecule has 3 aromatic rings. The van der Waals surface area contributed by atoms with Crippen molar-refractivity contribution in [3.05, 3.63) is 53.4 Å². The minimum Gasteiger partial charge on any atom is -0.463 e. The summed E-state index contributed by atoms with van der Waals surface area (Å²) in [6.07, 6.45) is 2.73. The second-order valence-electron chi connectivity index (χ2n) is 6.21. The van der Waals surface area contributed by atoms with Crippen molar-refractivity contribution >= 4 is 22.6 Å². The first-order chi connectivity index (χ1) is 13.7. The van der Waals surface area contributed by atoms with Gasteiger partial charge in [0.1, 0.15) is 17.9 Å². The van der Waals surface area contributed by atoms with Crippen LogP contribution in [0, 0.1) is 0 Å². The molecule has 2 N–H and O–H groups in total. The van der Waals surface area contributed by atoms with Gasteiger partial charge in [0.2, 0.25) is 0 Å². The topological polar surface area (TPSA) is 107 Å². The lowest BCUT2D eigenvalue weighted by Gasteiger charge is -2.21. The second kappa shape index (κ2) is 8.51. The van der Waals surface area contributed by atoms with Gasteiger partial charge in [0, 0.05) is 19.0 Å². The summed E-state index contributed by atoms with van der Waals surface area (Å²) >= 11 is 1.15. The molecule has 4 heterocycles. The maximum Gasteiger partial charge on any atom is 0.413 e. The highest BCUT2D eigenvalue weighted by Crippen LogP contribution is 2.38. The minimum absolute atomic E-state index is 0.170. The Morgan fingerprint density at radius 1 is 1.29 bits per heavy atom. The summed E-state index contributed by atoms with van der Waals surface area (Å²) < 4.78 is 16.1. The third-order valence-electron chi connectivity index (χ3n) is 4.28. The zero-order valence-corrected chi connectivity index (χ0v) is 15.7. The fourth-order valence-electron chi connectivity index (χ4n) is 2.89. The summed E-state index contributed by atoms with van der Waals surface area (Å²) in [5.74, 6) is 0.493. The van der Waals surface area contributed by atoms with Gasteiger partial charge in [-0.15, -0.1) is 0 Å². The van der Waals surface area contributed by atoms with Crippen molar-refractivity contribution in [1.29, 1.82) is 0 Å². The second-order valence-corrected chi connectivity index (χ2v) is 7.24. The van der Waals surface area contributed by atoms with Gasteiger partial charge >= 0.3 is 6.09 Å². The summed E-state index contributed by atoms with van der Waals surface area (Å²) in [6.45, 7) is 1.16. The molecule has 0 saturated carbocycles. The molecule has 9 heteroatoms. The number of pyridine rings is 1. The normalized spacial score (nSPS) is 15.9. The number of carbonyl (C=O) groups is 1. The van der Waals surface area contributed by atoms with E-state index in [0.717, 1.165) is 11.3 Å². The molecule has 0 aliphatic carbocycles. The number of nitrogens with zero attached hydrogens (tertiary/aromatic N) is 2. The number of ether oxygens (including phenoxy) is 2. The molecule has 1 aliphatic heterocycles. The predicted octanol–water partition coefficient (Wildman–Crippen LogP) is 3.61. The van der Waals surface area contributed by atoms with Gasteiger partial charge in [-0.3, -0.25) is 10.3 Å². The van der Waals surface area contributed by atoms with Gasteiger partial charge < -0.3 is 19.0 Å². The summed E-state index contributed by atoms with van der Waals surface area (Å²) in [6, 6.07) is 8.77. The molecule has 8 nitrogen and oxygen atoms in total. The molecule has 1 amide bonds. The number of amides is 1. The van der Waals surface area contributed by atoms with Crippen LogP contribution in [0.3, 0.4) is 0 Å². The number of rotatable bonds is 5. The fraction of sp³-hybridized carbons (Fsp3) is 0.316. The number of aliphatic hydroxyl groups is 1. The lowest BCUT2D eigenvalue weighted by Crippen LogP contribution is -2.28.